The monoisotopic (exact) mass is 240 g/mol. The Hall–Kier alpha value is -0.0800. The first kappa shape index (κ1) is 13.4. The van der Waals surface area contributed by atoms with E-state index < -0.39 is 0 Å². The minimum Gasteiger partial charge on any atom is -0.359 e. The zero-order valence-electron chi connectivity index (χ0n) is 11.5. The van der Waals surface area contributed by atoms with Gasteiger partial charge in [-0.3, -0.25) is 0 Å². The fourth-order valence-electron chi connectivity index (χ4n) is 3.65. The maximum absolute atomic E-state index is 5.66. The van der Waals surface area contributed by atoms with Crippen molar-refractivity contribution in [1.29, 1.82) is 0 Å². The van der Waals surface area contributed by atoms with Gasteiger partial charge in [0.2, 0.25) is 0 Å². The van der Waals surface area contributed by atoms with Crippen molar-refractivity contribution in [2.45, 2.75) is 64.4 Å². The van der Waals surface area contributed by atoms with Crippen LogP contribution in [0, 0.1) is 17.8 Å². The van der Waals surface area contributed by atoms with E-state index in [0.29, 0.717) is 12.9 Å². The van der Waals surface area contributed by atoms with Crippen LogP contribution in [0.15, 0.2) is 0 Å². The van der Waals surface area contributed by atoms with Gasteiger partial charge in [0.25, 0.3) is 0 Å². The van der Waals surface area contributed by atoms with Gasteiger partial charge in [0.05, 0.1) is 6.10 Å². The van der Waals surface area contributed by atoms with Gasteiger partial charge in [-0.05, 0) is 56.3 Å². The number of hydrogen-bond donors (Lipinski definition) is 0. The highest BCUT2D eigenvalue weighted by molar-refractivity contribution is 4.81. The summed E-state index contributed by atoms with van der Waals surface area (Å²) in [4.78, 5) is 0. The largest absolute Gasteiger partial charge is 0.359 e. The lowest BCUT2D eigenvalue weighted by Crippen LogP contribution is -2.28. The summed E-state index contributed by atoms with van der Waals surface area (Å²) in [5.74, 6) is 2.99. The summed E-state index contributed by atoms with van der Waals surface area (Å²) in [5, 5.41) is 0. The standard InChI is InChI=1S/C15H28O2/c1-12-3-5-13(6-4-12)14-7-9-15(10-8-14)17-11-16-2/h12-15H,3-11H2,1-2H3. The minimum atomic E-state index is 0.466. The lowest BCUT2D eigenvalue weighted by molar-refractivity contribution is -0.0885. The maximum Gasteiger partial charge on any atom is 0.146 e. The summed E-state index contributed by atoms with van der Waals surface area (Å²) < 4.78 is 10.6. The molecule has 0 atom stereocenters. The van der Waals surface area contributed by atoms with Crippen molar-refractivity contribution in [1.82, 2.24) is 0 Å². The van der Waals surface area contributed by atoms with Gasteiger partial charge in [-0.25, -0.2) is 0 Å². The van der Waals surface area contributed by atoms with Crippen molar-refractivity contribution >= 4 is 0 Å². The average molecular weight is 240 g/mol. The molecule has 0 spiro atoms. The lowest BCUT2D eigenvalue weighted by Gasteiger charge is -2.37. The molecule has 0 unspecified atom stereocenters. The first-order valence-corrected chi connectivity index (χ1v) is 7.40. The second-order valence-corrected chi connectivity index (χ2v) is 6.13. The molecule has 2 rings (SSSR count). The molecule has 17 heavy (non-hydrogen) atoms. The number of rotatable bonds is 4. The molecule has 0 heterocycles. The topological polar surface area (TPSA) is 18.5 Å². The highest BCUT2D eigenvalue weighted by atomic mass is 16.7. The quantitative estimate of drug-likeness (QED) is 0.692. The molecule has 2 aliphatic carbocycles. The molecular weight excluding hydrogens is 212 g/mol. The first-order valence-electron chi connectivity index (χ1n) is 7.40. The molecule has 0 amide bonds. The predicted molar refractivity (Wildman–Crippen MR) is 69.8 cm³/mol. The minimum absolute atomic E-state index is 0.466. The molecule has 0 radical (unpaired) electrons. The highest BCUT2D eigenvalue weighted by Crippen LogP contribution is 2.40. The molecule has 0 saturated heterocycles. The smallest absolute Gasteiger partial charge is 0.146 e. The maximum atomic E-state index is 5.66. The van der Waals surface area contributed by atoms with Crippen molar-refractivity contribution in [3.8, 4) is 0 Å². The average Bonchev–Trinajstić information content (AvgIpc) is 2.38. The Bertz CT molecular complexity index is 201. The van der Waals surface area contributed by atoms with E-state index in [4.69, 9.17) is 9.47 Å². The zero-order valence-corrected chi connectivity index (χ0v) is 11.5. The van der Waals surface area contributed by atoms with E-state index in [2.05, 4.69) is 6.92 Å². The third-order valence-electron chi connectivity index (χ3n) is 4.87. The Morgan fingerprint density at radius 3 is 1.88 bits per heavy atom. The van der Waals surface area contributed by atoms with Crippen molar-refractivity contribution < 1.29 is 9.47 Å². The van der Waals surface area contributed by atoms with Crippen LogP contribution >= 0.6 is 0 Å². The van der Waals surface area contributed by atoms with E-state index in [9.17, 15) is 0 Å². The number of hydrogen-bond acceptors (Lipinski definition) is 2. The van der Waals surface area contributed by atoms with Gasteiger partial charge in [-0.1, -0.05) is 19.8 Å². The summed E-state index contributed by atoms with van der Waals surface area (Å²) in [6.07, 6.45) is 11.6. The molecule has 100 valence electrons. The van der Waals surface area contributed by atoms with Crippen LogP contribution in [0.3, 0.4) is 0 Å². The van der Waals surface area contributed by atoms with Gasteiger partial charge in [0.15, 0.2) is 0 Å². The molecule has 0 N–H and O–H groups in total. The molecule has 2 nitrogen and oxygen atoms in total. The van der Waals surface area contributed by atoms with Gasteiger partial charge in [-0.2, -0.15) is 0 Å². The second kappa shape index (κ2) is 6.75. The van der Waals surface area contributed by atoms with Crippen molar-refractivity contribution in [2.24, 2.45) is 17.8 Å². The van der Waals surface area contributed by atoms with E-state index in [1.54, 1.807) is 7.11 Å². The fourth-order valence-corrected chi connectivity index (χ4v) is 3.65. The van der Waals surface area contributed by atoms with E-state index in [1.807, 2.05) is 0 Å². The van der Waals surface area contributed by atoms with Crippen LogP contribution in [-0.4, -0.2) is 20.0 Å². The Morgan fingerprint density at radius 1 is 0.824 bits per heavy atom. The van der Waals surface area contributed by atoms with Crippen LogP contribution in [0.4, 0.5) is 0 Å². The molecule has 2 fully saturated rings. The molecule has 0 bridgehead atoms. The summed E-state index contributed by atoms with van der Waals surface area (Å²) in [6.45, 7) is 2.88. The molecule has 0 aromatic carbocycles. The van der Waals surface area contributed by atoms with Crippen molar-refractivity contribution in [3.63, 3.8) is 0 Å². The lowest BCUT2D eigenvalue weighted by atomic mass is 9.71. The van der Waals surface area contributed by atoms with Gasteiger partial charge >= 0.3 is 0 Å². The summed E-state index contributed by atoms with van der Waals surface area (Å²) in [5.41, 5.74) is 0. The molecule has 0 aromatic heterocycles. The fraction of sp³-hybridized carbons (Fsp3) is 1.00. The normalized spacial score (nSPS) is 39.2. The second-order valence-electron chi connectivity index (χ2n) is 6.13. The van der Waals surface area contributed by atoms with Crippen LogP contribution in [0.2, 0.25) is 0 Å². The van der Waals surface area contributed by atoms with E-state index >= 15 is 0 Å². The molecule has 2 aliphatic rings. The van der Waals surface area contributed by atoms with Crippen LogP contribution in [0.25, 0.3) is 0 Å². The SMILES string of the molecule is COCOC1CCC(C2CCC(C)CC2)CC1. The van der Waals surface area contributed by atoms with Crippen LogP contribution in [-0.2, 0) is 9.47 Å². The van der Waals surface area contributed by atoms with Crippen LogP contribution < -0.4 is 0 Å². The van der Waals surface area contributed by atoms with Crippen LogP contribution in [0.1, 0.15) is 58.3 Å². The summed E-state index contributed by atoms with van der Waals surface area (Å²) in [6, 6.07) is 0. The Labute approximate surface area is 106 Å². The zero-order chi connectivity index (χ0) is 12.1. The number of methoxy groups -OCH3 is 1. The summed E-state index contributed by atoms with van der Waals surface area (Å²) in [7, 11) is 1.70. The third-order valence-corrected chi connectivity index (χ3v) is 4.87. The molecule has 0 aromatic rings. The van der Waals surface area contributed by atoms with E-state index in [-0.39, 0.29) is 0 Å². The Kier molecular flexibility index (Phi) is 5.30. The van der Waals surface area contributed by atoms with Gasteiger partial charge in [0.1, 0.15) is 6.79 Å². The summed E-state index contributed by atoms with van der Waals surface area (Å²) >= 11 is 0. The highest BCUT2D eigenvalue weighted by Gasteiger charge is 2.30. The Morgan fingerprint density at radius 2 is 1.35 bits per heavy atom. The van der Waals surface area contributed by atoms with Crippen molar-refractivity contribution in [2.75, 3.05) is 13.9 Å². The third kappa shape index (κ3) is 3.96. The molecule has 2 heteroatoms. The van der Waals surface area contributed by atoms with Crippen molar-refractivity contribution in [3.05, 3.63) is 0 Å². The van der Waals surface area contributed by atoms with E-state index in [0.717, 1.165) is 17.8 Å². The predicted octanol–water partition coefficient (Wildman–Crippen LogP) is 3.99. The Balaban J connectivity index is 1.68. The first-order chi connectivity index (χ1) is 8.29. The molecular formula is C15H28O2. The molecule has 0 aliphatic heterocycles. The van der Waals surface area contributed by atoms with Crippen LogP contribution in [0.5, 0.6) is 0 Å². The van der Waals surface area contributed by atoms with Gasteiger partial charge in [0, 0.05) is 7.11 Å². The number of ether oxygens (including phenoxy) is 2. The van der Waals surface area contributed by atoms with Gasteiger partial charge < -0.3 is 9.47 Å². The van der Waals surface area contributed by atoms with Gasteiger partial charge in [-0.15, -0.1) is 0 Å². The van der Waals surface area contributed by atoms with E-state index in [1.165, 1.54) is 51.4 Å². The molecule has 2 saturated carbocycles.